The molecule has 12 heteroatoms. The first-order chi connectivity index (χ1) is 18.4. The van der Waals surface area contributed by atoms with E-state index in [0.29, 0.717) is 27.5 Å². The van der Waals surface area contributed by atoms with E-state index in [0.717, 1.165) is 0 Å². The van der Waals surface area contributed by atoms with Crippen LogP contribution < -0.4 is 14.9 Å². The molecule has 2 amide bonds. The van der Waals surface area contributed by atoms with Crippen molar-refractivity contribution in [2.45, 2.75) is 51.2 Å². The number of aliphatic imine (C=N–C) groups is 1. The molecule has 3 aromatic rings. The van der Waals surface area contributed by atoms with Crippen LogP contribution in [0.2, 0.25) is 5.02 Å². The lowest BCUT2D eigenvalue weighted by Gasteiger charge is -2.24. The zero-order valence-corrected chi connectivity index (χ0v) is 23.8. The van der Waals surface area contributed by atoms with Crippen molar-refractivity contribution in [3.8, 4) is 0 Å². The summed E-state index contributed by atoms with van der Waals surface area (Å²) < 4.78 is 33.9. The number of nitrogens with zero attached hydrogens (tertiary/aromatic N) is 3. The second kappa shape index (κ2) is 11.3. The van der Waals surface area contributed by atoms with E-state index in [-0.39, 0.29) is 28.7 Å². The van der Waals surface area contributed by atoms with E-state index < -0.39 is 34.0 Å². The Hall–Kier alpha value is -3.54. The number of aryl methyl sites for hydroxylation is 2. The highest BCUT2D eigenvalue weighted by Crippen LogP contribution is 2.28. The normalized spacial score (nSPS) is 16.5. The lowest BCUT2D eigenvalue weighted by atomic mass is 10.0. The molecule has 0 saturated carbocycles. The van der Waals surface area contributed by atoms with Gasteiger partial charge in [-0.2, -0.15) is 4.72 Å². The number of carbonyl (C=O) groups excluding carboxylic acids is 2. The average molecular weight is 572 g/mol. The molecule has 0 bridgehead atoms. The molecule has 1 aromatic heterocycles. The number of halogens is 1. The maximum atomic E-state index is 13.6. The maximum absolute atomic E-state index is 13.6. The second-order valence-electron chi connectivity index (χ2n) is 9.77. The van der Waals surface area contributed by atoms with Gasteiger partial charge < -0.3 is 14.7 Å². The minimum absolute atomic E-state index is 0.0435. The number of sulfonamides is 1. The molecular weight excluding hydrogens is 542 g/mol. The quantitative estimate of drug-likeness (QED) is 0.424. The Morgan fingerprint density at radius 3 is 2.41 bits per heavy atom. The topological polar surface area (TPSA) is 134 Å². The van der Waals surface area contributed by atoms with Gasteiger partial charge >= 0.3 is 0 Å². The standard InChI is InChI=1S/C27H30ClN5O5S/c1-15(2)14-21(32-39(36,37)24-16(3)31-38-17(24)4)26(34)30-25-27(35)33(5)22-9-7-6-8-20(22)23(29-25)18-10-12-19(28)13-11-18/h6-13,15,21,25,32H,14H2,1-5H3,(H,30,34). The predicted molar refractivity (Wildman–Crippen MR) is 148 cm³/mol. The zero-order valence-electron chi connectivity index (χ0n) is 22.2. The Morgan fingerprint density at radius 1 is 1.13 bits per heavy atom. The van der Waals surface area contributed by atoms with Crippen LogP contribution in [0.15, 0.2) is 62.9 Å². The van der Waals surface area contributed by atoms with Crippen molar-refractivity contribution in [3.63, 3.8) is 0 Å². The van der Waals surface area contributed by atoms with Crippen LogP contribution in [0.4, 0.5) is 5.69 Å². The molecule has 206 valence electrons. The van der Waals surface area contributed by atoms with E-state index in [1.807, 2.05) is 32.0 Å². The predicted octanol–water partition coefficient (Wildman–Crippen LogP) is 3.59. The van der Waals surface area contributed by atoms with Gasteiger partial charge in [-0.15, -0.1) is 0 Å². The molecule has 4 rings (SSSR count). The van der Waals surface area contributed by atoms with E-state index in [9.17, 15) is 18.0 Å². The summed E-state index contributed by atoms with van der Waals surface area (Å²) >= 11 is 6.09. The minimum Gasteiger partial charge on any atom is -0.360 e. The molecule has 2 heterocycles. The molecule has 10 nitrogen and oxygen atoms in total. The fraction of sp³-hybridized carbons (Fsp3) is 0.333. The number of likely N-dealkylation sites (N-methyl/N-ethyl adjacent to an activating group) is 1. The number of aromatic nitrogens is 1. The molecule has 0 spiro atoms. The van der Waals surface area contributed by atoms with E-state index >= 15 is 0 Å². The van der Waals surface area contributed by atoms with Crippen LogP contribution in [0, 0.1) is 19.8 Å². The molecular formula is C27H30ClN5O5S. The van der Waals surface area contributed by atoms with E-state index in [2.05, 4.69) is 20.2 Å². The second-order valence-corrected chi connectivity index (χ2v) is 11.9. The van der Waals surface area contributed by atoms with E-state index in [1.165, 1.54) is 18.7 Å². The highest BCUT2D eigenvalue weighted by atomic mass is 35.5. The van der Waals surface area contributed by atoms with Gasteiger partial charge in [-0.25, -0.2) is 13.4 Å². The van der Waals surface area contributed by atoms with Crippen molar-refractivity contribution >= 4 is 44.8 Å². The highest BCUT2D eigenvalue weighted by molar-refractivity contribution is 7.89. The van der Waals surface area contributed by atoms with Crippen LogP contribution in [0.1, 0.15) is 42.8 Å². The number of hydrogen-bond donors (Lipinski definition) is 2. The summed E-state index contributed by atoms with van der Waals surface area (Å²) in [6.45, 7) is 6.72. The van der Waals surface area contributed by atoms with Crippen LogP contribution >= 0.6 is 11.6 Å². The first-order valence-electron chi connectivity index (χ1n) is 12.3. The maximum Gasteiger partial charge on any atom is 0.272 e. The van der Waals surface area contributed by atoms with Gasteiger partial charge in [0.15, 0.2) is 5.76 Å². The van der Waals surface area contributed by atoms with Gasteiger partial charge in [-0.05, 0) is 44.4 Å². The number of fused-ring (bicyclic) bond motifs is 1. The first-order valence-corrected chi connectivity index (χ1v) is 14.2. The minimum atomic E-state index is -4.15. The summed E-state index contributed by atoms with van der Waals surface area (Å²) in [5.41, 5.74) is 2.68. The Kier molecular flexibility index (Phi) is 8.24. The molecule has 0 radical (unpaired) electrons. The Balaban J connectivity index is 1.71. The fourth-order valence-corrected chi connectivity index (χ4v) is 6.14. The molecule has 39 heavy (non-hydrogen) atoms. The summed E-state index contributed by atoms with van der Waals surface area (Å²) in [6, 6.07) is 13.1. The Labute approximate surface area is 232 Å². The third kappa shape index (κ3) is 6.05. The van der Waals surface area contributed by atoms with E-state index in [1.54, 1.807) is 37.4 Å². The van der Waals surface area contributed by atoms with Crippen LogP contribution in [0.3, 0.4) is 0 Å². The zero-order chi connectivity index (χ0) is 28.5. The number of nitrogens with one attached hydrogen (secondary N) is 2. The Morgan fingerprint density at radius 2 is 1.79 bits per heavy atom. The largest absolute Gasteiger partial charge is 0.360 e. The number of anilines is 1. The lowest BCUT2D eigenvalue weighted by molar-refractivity contribution is -0.128. The third-order valence-electron chi connectivity index (χ3n) is 6.30. The molecule has 1 aliphatic heterocycles. The third-order valence-corrected chi connectivity index (χ3v) is 8.26. The molecule has 0 aliphatic carbocycles. The number of para-hydroxylation sites is 1. The molecule has 2 aromatic carbocycles. The number of amides is 2. The van der Waals surface area contributed by atoms with Crippen LogP contribution in [-0.2, 0) is 19.6 Å². The van der Waals surface area contributed by atoms with Gasteiger partial charge in [0.05, 0.1) is 11.4 Å². The van der Waals surface area contributed by atoms with Gasteiger partial charge in [-0.1, -0.05) is 60.9 Å². The summed E-state index contributed by atoms with van der Waals surface area (Å²) in [5, 5.41) is 6.93. The highest BCUT2D eigenvalue weighted by Gasteiger charge is 2.35. The number of benzodiazepines with no additional fused rings is 1. The summed E-state index contributed by atoms with van der Waals surface area (Å²) in [5.74, 6) is -1.09. The van der Waals surface area contributed by atoms with Crippen molar-refractivity contribution in [1.82, 2.24) is 15.2 Å². The van der Waals surface area contributed by atoms with Gasteiger partial charge in [0, 0.05) is 23.2 Å². The molecule has 1 aliphatic rings. The number of carbonyl (C=O) groups is 2. The monoisotopic (exact) mass is 571 g/mol. The number of benzene rings is 2. The van der Waals surface area contributed by atoms with E-state index in [4.69, 9.17) is 16.1 Å². The van der Waals surface area contributed by atoms with Crippen LogP contribution in [0.25, 0.3) is 0 Å². The van der Waals surface area contributed by atoms with Gasteiger partial charge in [-0.3, -0.25) is 9.59 Å². The first kappa shape index (κ1) is 28.5. The molecule has 2 N–H and O–H groups in total. The van der Waals surface area contributed by atoms with Gasteiger partial charge in [0.2, 0.25) is 22.1 Å². The van der Waals surface area contributed by atoms with Gasteiger partial charge in [0.1, 0.15) is 16.6 Å². The molecule has 2 unspecified atom stereocenters. The van der Waals surface area contributed by atoms with Crippen LogP contribution in [-0.4, -0.2) is 50.4 Å². The smallest absolute Gasteiger partial charge is 0.272 e. The van der Waals surface area contributed by atoms with Crippen LogP contribution in [0.5, 0.6) is 0 Å². The average Bonchev–Trinajstić information content (AvgIpc) is 3.19. The summed E-state index contributed by atoms with van der Waals surface area (Å²) in [7, 11) is -2.55. The number of hydrogen-bond acceptors (Lipinski definition) is 7. The van der Waals surface area contributed by atoms with Crippen molar-refractivity contribution in [2.24, 2.45) is 10.9 Å². The molecule has 2 atom stereocenters. The van der Waals surface area contributed by atoms with Crippen molar-refractivity contribution in [1.29, 1.82) is 0 Å². The Bertz CT molecular complexity index is 1510. The molecule has 0 fully saturated rings. The number of rotatable bonds is 8. The summed E-state index contributed by atoms with van der Waals surface area (Å²) in [4.78, 5) is 33.0. The fourth-order valence-electron chi connectivity index (χ4n) is 4.47. The SMILES string of the molecule is Cc1noc(C)c1S(=O)(=O)NC(CC(C)C)C(=O)NC1N=C(c2ccc(Cl)cc2)c2ccccc2N(C)C1=O. The summed E-state index contributed by atoms with van der Waals surface area (Å²) in [6.07, 6.45) is -1.13. The van der Waals surface area contributed by atoms with Gasteiger partial charge in [0.25, 0.3) is 5.91 Å². The molecule has 0 saturated heterocycles. The van der Waals surface area contributed by atoms with Crippen molar-refractivity contribution in [2.75, 3.05) is 11.9 Å². The van der Waals surface area contributed by atoms with Crippen molar-refractivity contribution in [3.05, 3.63) is 76.1 Å². The lowest BCUT2D eigenvalue weighted by Crippen LogP contribution is -2.53. The van der Waals surface area contributed by atoms with Crippen molar-refractivity contribution < 1.29 is 22.5 Å².